The molecule has 1 aromatic heterocycles. The molecule has 5 nitrogen and oxygen atoms in total. The molecule has 0 amide bonds. The molecule has 93 valence electrons. The fourth-order valence-electron chi connectivity index (χ4n) is 1.53. The van der Waals surface area contributed by atoms with E-state index in [1.165, 1.54) is 12.7 Å². The second-order valence-corrected chi connectivity index (χ2v) is 4.46. The van der Waals surface area contributed by atoms with E-state index < -0.39 is 0 Å². The summed E-state index contributed by atoms with van der Waals surface area (Å²) in [5, 5.41) is 0. The molecule has 0 atom stereocenters. The average molecular weight is 438 g/mol. The van der Waals surface area contributed by atoms with E-state index in [-0.39, 0.29) is 27.1 Å². The molecule has 0 saturated carbocycles. The second kappa shape index (κ2) is 6.83. The van der Waals surface area contributed by atoms with Gasteiger partial charge in [-0.15, -0.1) is 0 Å². The molecule has 1 radical (unpaired) electrons. The molecule has 0 aliphatic carbocycles. The molecule has 1 aromatic rings. The van der Waals surface area contributed by atoms with E-state index in [1.807, 2.05) is 0 Å². The van der Waals surface area contributed by atoms with Gasteiger partial charge in [-0.2, -0.15) is 0 Å². The van der Waals surface area contributed by atoms with Gasteiger partial charge in [0.05, 0.1) is 0 Å². The molecule has 1 fully saturated rings. The Balaban J connectivity index is 0.00000128. The predicted octanol–water partition coefficient (Wildman–Crippen LogP) is -0.632. The van der Waals surface area contributed by atoms with Crippen LogP contribution in [0, 0.1) is 0 Å². The summed E-state index contributed by atoms with van der Waals surface area (Å²) in [6, 6.07) is 0. The molecule has 0 bridgehead atoms. The Bertz CT molecular complexity index is 305. The van der Waals surface area contributed by atoms with E-state index in [2.05, 4.69) is 24.8 Å². The molecule has 16 heavy (non-hydrogen) atoms. The first kappa shape index (κ1) is 14.3. The first-order valence-electron chi connectivity index (χ1n) is 4.70. The van der Waals surface area contributed by atoms with Gasteiger partial charge in [0.2, 0.25) is 5.95 Å². The smallest absolute Gasteiger partial charge is 0.228 e. The number of aromatic nitrogens is 3. The van der Waals surface area contributed by atoms with Crippen molar-refractivity contribution in [1.82, 2.24) is 19.9 Å². The summed E-state index contributed by atoms with van der Waals surface area (Å²) in [4.78, 5) is 16.2. The first-order valence-corrected chi connectivity index (χ1v) is 5.64. The van der Waals surface area contributed by atoms with Crippen molar-refractivity contribution in [3.05, 3.63) is 12.7 Å². The van der Waals surface area contributed by atoms with Gasteiger partial charge in [-0.3, -0.25) is 0 Å². The van der Waals surface area contributed by atoms with E-state index in [0.29, 0.717) is 0 Å². The van der Waals surface area contributed by atoms with Crippen LogP contribution >= 0.6 is 0 Å². The Hall–Kier alpha value is 0.210. The molecule has 0 aromatic carbocycles. The van der Waals surface area contributed by atoms with E-state index in [4.69, 9.17) is 25.3 Å². The minimum Gasteiger partial charge on any atom is -0.800 e. The monoisotopic (exact) mass is 438 g/mol. The molecule has 1 aliphatic rings. The zero-order chi connectivity index (χ0) is 10.7. The third-order valence-electron chi connectivity index (χ3n) is 2.37. The molecule has 0 N–H and O–H groups in total. The molecule has 0 unspecified atom stereocenters. The van der Waals surface area contributed by atoms with Crippen LogP contribution in [0.2, 0.25) is 0 Å². The minimum atomic E-state index is -0.203. The zero-order valence-corrected chi connectivity index (χ0v) is 12.2. The quantitative estimate of drug-likeness (QED) is 0.450. The normalized spacial score (nSPS) is 17.3. The Labute approximate surface area is 121 Å². The van der Waals surface area contributed by atoms with Crippen LogP contribution in [-0.4, -0.2) is 50.7 Å². The molecule has 1 aliphatic heterocycles. The summed E-state index contributed by atoms with van der Waals surface area (Å²) in [7, 11) is 0. The van der Waals surface area contributed by atoms with Crippen molar-refractivity contribution in [2.75, 3.05) is 31.1 Å². The number of piperazine rings is 1. The largest absolute Gasteiger partial charge is 0.800 e. The third-order valence-corrected chi connectivity index (χ3v) is 2.97. The van der Waals surface area contributed by atoms with Crippen molar-refractivity contribution < 1.29 is 22.4 Å². The molecule has 2 heterocycles. The number of nitrogens with zero attached hydrogens (tertiary/aromatic N) is 5. The zero-order valence-electron chi connectivity index (χ0n) is 8.41. The molecule has 2 rings (SSSR count). The van der Waals surface area contributed by atoms with Crippen molar-refractivity contribution in [2.24, 2.45) is 0 Å². The van der Waals surface area contributed by atoms with Crippen LogP contribution in [0.4, 0.5) is 5.95 Å². The second-order valence-electron chi connectivity index (χ2n) is 3.27. The maximum atomic E-state index is 5.04. The Morgan fingerprint density at radius 2 is 1.62 bits per heavy atom. The van der Waals surface area contributed by atoms with Gasteiger partial charge < -0.3 is 35.1 Å². The molecular formula is C8H11AuN5S2-2. The van der Waals surface area contributed by atoms with E-state index in [9.17, 15) is 0 Å². The van der Waals surface area contributed by atoms with Gasteiger partial charge in [-0.25, -0.2) is 19.7 Å². The van der Waals surface area contributed by atoms with Gasteiger partial charge in [-0.05, 0) is 0 Å². The number of rotatable bonds is 2. The maximum Gasteiger partial charge on any atom is 0.228 e. The number of anilines is 1. The van der Waals surface area contributed by atoms with E-state index >= 15 is 0 Å². The fourth-order valence-corrected chi connectivity index (χ4v) is 1.95. The van der Waals surface area contributed by atoms with Gasteiger partial charge in [0.25, 0.3) is 0 Å². The van der Waals surface area contributed by atoms with Crippen LogP contribution in [0.1, 0.15) is 0 Å². The van der Waals surface area contributed by atoms with Crippen molar-refractivity contribution >= 4 is 31.2 Å². The van der Waals surface area contributed by atoms with Crippen molar-refractivity contribution in [1.29, 1.82) is 0 Å². The van der Waals surface area contributed by atoms with Gasteiger partial charge in [0, 0.05) is 48.6 Å². The standard InChI is InChI=1S/C8H13N5S2.Au/c14-8(15)13-3-1-12(2-4-13)7-10-5-9-6-11-7;/h5-6,8,14-15H,1-4H2;/p-2. The van der Waals surface area contributed by atoms with E-state index in [0.717, 1.165) is 32.1 Å². The van der Waals surface area contributed by atoms with Crippen LogP contribution < -0.4 is 4.90 Å². The molecular weight excluding hydrogens is 427 g/mol. The molecule has 8 heteroatoms. The van der Waals surface area contributed by atoms with Crippen LogP contribution in [0.3, 0.4) is 0 Å². The van der Waals surface area contributed by atoms with Gasteiger partial charge in [-0.1, -0.05) is 0 Å². The van der Waals surface area contributed by atoms with Crippen LogP contribution in [0.5, 0.6) is 0 Å². The topological polar surface area (TPSA) is 45.2 Å². The van der Waals surface area contributed by atoms with Gasteiger partial charge in [0.15, 0.2) is 0 Å². The van der Waals surface area contributed by atoms with Gasteiger partial charge >= 0.3 is 0 Å². The molecule has 1 saturated heterocycles. The number of hydrogen-bond donors (Lipinski definition) is 0. The molecule has 0 spiro atoms. The van der Waals surface area contributed by atoms with Crippen molar-refractivity contribution in [3.63, 3.8) is 0 Å². The summed E-state index contributed by atoms with van der Waals surface area (Å²) in [5.41, 5.74) is 0. The van der Waals surface area contributed by atoms with Crippen LogP contribution in [0.25, 0.3) is 0 Å². The van der Waals surface area contributed by atoms with Crippen molar-refractivity contribution in [2.45, 2.75) is 4.71 Å². The number of hydrogen-bond acceptors (Lipinski definition) is 7. The Morgan fingerprint density at radius 1 is 1.06 bits per heavy atom. The summed E-state index contributed by atoms with van der Waals surface area (Å²) in [6.07, 6.45) is 3.02. The van der Waals surface area contributed by atoms with Crippen LogP contribution in [-0.2, 0) is 47.6 Å². The first-order chi connectivity index (χ1) is 7.27. The predicted molar refractivity (Wildman–Crippen MR) is 62.1 cm³/mol. The maximum absolute atomic E-state index is 5.04. The average Bonchev–Trinajstić information content (AvgIpc) is 2.30. The van der Waals surface area contributed by atoms with Crippen molar-refractivity contribution in [3.8, 4) is 0 Å². The summed E-state index contributed by atoms with van der Waals surface area (Å²) >= 11 is 10.1. The van der Waals surface area contributed by atoms with E-state index in [1.54, 1.807) is 0 Å². The summed E-state index contributed by atoms with van der Waals surface area (Å²) in [5.74, 6) is 0.731. The third kappa shape index (κ3) is 3.61. The van der Waals surface area contributed by atoms with Crippen LogP contribution in [0.15, 0.2) is 12.7 Å². The summed E-state index contributed by atoms with van der Waals surface area (Å²) in [6.45, 7) is 3.49. The fraction of sp³-hybridized carbons (Fsp3) is 0.625. The summed E-state index contributed by atoms with van der Waals surface area (Å²) < 4.78 is -0.203. The minimum absolute atomic E-state index is 0. The Morgan fingerprint density at radius 3 is 2.12 bits per heavy atom. The SMILES string of the molecule is [Au].[S-]C([S-])N1CCN(c2ncncn2)CC1. The Kier molecular flexibility index (Phi) is 6.09. The van der Waals surface area contributed by atoms with Gasteiger partial charge in [0.1, 0.15) is 12.7 Å².